The highest BCUT2D eigenvalue weighted by molar-refractivity contribution is 7.86. The minimum absolute atomic E-state index is 0.187. The first-order valence-electron chi connectivity index (χ1n) is 4.77. The summed E-state index contributed by atoms with van der Waals surface area (Å²) in [6.45, 7) is 1.10. The first kappa shape index (κ1) is 13.0. The molecule has 1 rings (SSSR count). The molecule has 0 saturated carbocycles. The molecule has 1 radical (unpaired) electrons. The number of aryl methyl sites for hydroxylation is 1. The van der Waals surface area contributed by atoms with Crippen LogP contribution < -0.4 is 5.73 Å². The van der Waals surface area contributed by atoms with Crippen molar-refractivity contribution in [2.24, 2.45) is 0 Å². The monoisotopic (exact) mass is 244 g/mol. The van der Waals surface area contributed by atoms with Crippen molar-refractivity contribution in [3.63, 3.8) is 0 Å². The molecule has 1 unspecified atom stereocenters. The van der Waals surface area contributed by atoms with E-state index < -0.39 is 22.0 Å². The number of nitrogen functional groups attached to an aromatic ring is 1. The smallest absolute Gasteiger partial charge is 0.272 e. The van der Waals surface area contributed by atoms with Gasteiger partial charge < -0.3 is 5.73 Å². The Morgan fingerprint density at radius 1 is 1.44 bits per heavy atom. The molecule has 3 N–H and O–H groups in total. The standard InChI is InChI=1S/C10H14NO4S/c1-7-3-2-4-8(11)10(7)9(5-6-12)16(13,14)15/h2-4,9H,5-6,11H2,1H3,(H,13,14,15). The van der Waals surface area contributed by atoms with Crippen molar-refractivity contribution in [1.29, 1.82) is 0 Å². The summed E-state index contributed by atoms with van der Waals surface area (Å²) in [6.07, 6.45) is -0.187. The van der Waals surface area contributed by atoms with Crippen molar-refractivity contribution < 1.29 is 18.1 Å². The van der Waals surface area contributed by atoms with Crippen LogP contribution in [0.25, 0.3) is 0 Å². The lowest BCUT2D eigenvalue weighted by Gasteiger charge is -2.17. The zero-order valence-electron chi connectivity index (χ0n) is 8.88. The minimum Gasteiger partial charge on any atom is -0.398 e. The molecule has 1 aromatic carbocycles. The van der Waals surface area contributed by atoms with Crippen LogP contribution in [0.15, 0.2) is 18.2 Å². The summed E-state index contributed by atoms with van der Waals surface area (Å²) >= 11 is 0. The zero-order valence-corrected chi connectivity index (χ0v) is 9.70. The lowest BCUT2D eigenvalue weighted by atomic mass is 10.0. The Balaban J connectivity index is 3.32. The third kappa shape index (κ3) is 2.72. The van der Waals surface area contributed by atoms with E-state index in [1.54, 1.807) is 25.1 Å². The highest BCUT2D eigenvalue weighted by atomic mass is 32.2. The van der Waals surface area contributed by atoms with Crippen LogP contribution in [-0.2, 0) is 15.2 Å². The lowest BCUT2D eigenvalue weighted by molar-refractivity contribution is 0.186. The fourth-order valence-corrected chi connectivity index (χ4v) is 2.71. The van der Waals surface area contributed by atoms with Gasteiger partial charge in [-0.15, -0.1) is 0 Å². The lowest BCUT2D eigenvalue weighted by Crippen LogP contribution is -2.16. The Labute approximate surface area is 94.7 Å². The second kappa shape index (κ2) is 4.82. The van der Waals surface area contributed by atoms with Gasteiger partial charge in [-0.25, -0.2) is 5.11 Å². The molecule has 0 heterocycles. The summed E-state index contributed by atoms with van der Waals surface area (Å²) in [5, 5.41) is 9.34. The Hall–Kier alpha value is -1.11. The fraction of sp³-hybridized carbons (Fsp3) is 0.400. The molecule has 0 aliphatic carbocycles. The van der Waals surface area contributed by atoms with E-state index in [4.69, 9.17) is 10.3 Å². The molecule has 0 aliphatic heterocycles. The molecule has 89 valence electrons. The van der Waals surface area contributed by atoms with Crippen LogP contribution in [0.5, 0.6) is 0 Å². The molecule has 0 amide bonds. The van der Waals surface area contributed by atoms with E-state index in [2.05, 4.69) is 0 Å². The predicted octanol–water partition coefficient (Wildman–Crippen LogP) is 1.33. The van der Waals surface area contributed by atoms with Crippen molar-refractivity contribution in [3.8, 4) is 0 Å². The number of hydrogen-bond acceptors (Lipinski definition) is 3. The number of hydrogen-bond donors (Lipinski definition) is 2. The molecule has 0 aromatic heterocycles. The summed E-state index contributed by atoms with van der Waals surface area (Å²) in [4.78, 5) is 0. The third-order valence-electron chi connectivity index (χ3n) is 2.42. The Kier molecular flexibility index (Phi) is 3.90. The van der Waals surface area contributed by atoms with Gasteiger partial charge in [0, 0.05) is 5.69 Å². The average molecular weight is 244 g/mol. The van der Waals surface area contributed by atoms with E-state index in [-0.39, 0.29) is 12.1 Å². The zero-order chi connectivity index (χ0) is 12.3. The minimum atomic E-state index is -4.31. The summed E-state index contributed by atoms with van der Waals surface area (Å²) in [5.41, 5.74) is 6.92. The van der Waals surface area contributed by atoms with Crippen LogP contribution in [0.3, 0.4) is 0 Å². The molecule has 1 aromatic rings. The molecule has 0 bridgehead atoms. The molecule has 0 fully saturated rings. The van der Waals surface area contributed by atoms with Crippen LogP contribution in [0.4, 0.5) is 5.69 Å². The van der Waals surface area contributed by atoms with Crippen molar-refractivity contribution in [1.82, 2.24) is 0 Å². The van der Waals surface area contributed by atoms with E-state index in [1.165, 1.54) is 0 Å². The second-order valence-corrected chi connectivity index (χ2v) is 5.17. The Morgan fingerprint density at radius 3 is 2.50 bits per heavy atom. The van der Waals surface area contributed by atoms with Crippen LogP contribution in [-0.4, -0.2) is 19.6 Å². The van der Waals surface area contributed by atoms with Gasteiger partial charge >= 0.3 is 0 Å². The Morgan fingerprint density at radius 2 is 2.06 bits per heavy atom. The Bertz CT molecular complexity index is 449. The largest absolute Gasteiger partial charge is 0.398 e. The molecule has 0 spiro atoms. The SMILES string of the molecule is Cc1cccc(N)c1C(CC[O])S(=O)(=O)O. The van der Waals surface area contributed by atoms with Crippen molar-refractivity contribution in [3.05, 3.63) is 29.3 Å². The summed E-state index contributed by atoms with van der Waals surface area (Å²) in [5.74, 6) is 0. The highest BCUT2D eigenvalue weighted by Crippen LogP contribution is 2.32. The van der Waals surface area contributed by atoms with Crippen LogP contribution in [0.1, 0.15) is 22.8 Å². The van der Waals surface area contributed by atoms with E-state index in [0.29, 0.717) is 11.1 Å². The molecule has 6 heteroatoms. The summed E-state index contributed by atoms with van der Waals surface area (Å²) in [6, 6.07) is 4.92. The highest BCUT2D eigenvalue weighted by Gasteiger charge is 2.27. The average Bonchev–Trinajstić information content (AvgIpc) is 2.14. The van der Waals surface area contributed by atoms with E-state index >= 15 is 0 Å². The molecule has 5 nitrogen and oxygen atoms in total. The second-order valence-electron chi connectivity index (χ2n) is 3.57. The molecular formula is C10H14NO4S. The van der Waals surface area contributed by atoms with Gasteiger partial charge in [0.25, 0.3) is 10.1 Å². The maximum Gasteiger partial charge on any atom is 0.272 e. The third-order valence-corrected chi connectivity index (χ3v) is 3.61. The van der Waals surface area contributed by atoms with E-state index in [9.17, 15) is 13.5 Å². The maximum atomic E-state index is 11.2. The quantitative estimate of drug-likeness (QED) is 0.616. The number of rotatable bonds is 4. The van der Waals surface area contributed by atoms with Gasteiger partial charge in [0.2, 0.25) is 0 Å². The van der Waals surface area contributed by atoms with Gasteiger partial charge in [-0.1, -0.05) is 12.1 Å². The number of anilines is 1. The van der Waals surface area contributed by atoms with Crippen LogP contribution >= 0.6 is 0 Å². The fourth-order valence-electron chi connectivity index (χ4n) is 1.69. The maximum absolute atomic E-state index is 11.2. The normalized spacial score (nSPS) is 13.7. The van der Waals surface area contributed by atoms with Gasteiger partial charge in [-0.2, -0.15) is 8.42 Å². The van der Waals surface area contributed by atoms with Crippen LogP contribution in [0, 0.1) is 6.92 Å². The summed E-state index contributed by atoms with van der Waals surface area (Å²) in [7, 11) is -4.31. The van der Waals surface area contributed by atoms with E-state index in [0.717, 1.165) is 0 Å². The topological polar surface area (TPSA) is 100 Å². The van der Waals surface area contributed by atoms with Gasteiger partial charge in [-0.05, 0) is 30.5 Å². The van der Waals surface area contributed by atoms with Crippen molar-refractivity contribution in [2.75, 3.05) is 12.3 Å². The number of nitrogens with two attached hydrogens (primary N) is 1. The molecule has 0 saturated heterocycles. The van der Waals surface area contributed by atoms with Crippen LogP contribution in [0.2, 0.25) is 0 Å². The van der Waals surface area contributed by atoms with Gasteiger partial charge in [0.1, 0.15) is 5.25 Å². The first-order chi connectivity index (χ1) is 7.38. The number of benzene rings is 1. The summed E-state index contributed by atoms with van der Waals surface area (Å²) < 4.78 is 31.5. The van der Waals surface area contributed by atoms with Gasteiger partial charge in [0.15, 0.2) is 0 Å². The molecular weight excluding hydrogens is 230 g/mol. The molecule has 16 heavy (non-hydrogen) atoms. The van der Waals surface area contributed by atoms with Crippen molar-refractivity contribution in [2.45, 2.75) is 18.6 Å². The predicted molar refractivity (Wildman–Crippen MR) is 60.1 cm³/mol. The van der Waals surface area contributed by atoms with Crippen molar-refractivity contribution >= 4 is 15.8 Å². The first-order valence-corrected chi connectivity index (χ1v) is 6.27. The van der Waals surface area contributed by atoms with E-state index in [1.807, 2.05) is 0 Å². The molecule has 1 atom stereocenters. The molecule has 0 aliphatic rings. The van der Waals surface area contributed by atoms with Gasteiger partial charge in [-0.3, -0.25) is 4.55 Å². The van der Waals surface area contributed by atoms with Gasteiger partial charge in [0.05, 0.1) is 6.61 Å².